The molecular weight excluding hydrogens is 349 g/mol. The van der Waals surface area contributed by atoms with E-state index in [9.17, 15) is 18.0 Å². The summed E-state index contributed by atoms with van der Waals surface area (Å²) in [5, 5.41) is 4.56. The van der Waals surface area contributed by atoms with Crippen molar-refractivity contribution in [2.75, 3.05) is 0 Å². The van der Waals surface area contributed by atoms with Crippen LogP contribution in [0.3, 0.4) is 0 Å². The van der Waals surface area contributed by atoms with E-state index in [1.165, 1.54) is 18.3 Å². The molecule has 0 aliphatic rings. The van der Waals surface area contributed by atoms with Gasteiger partial charge >= 0.3 is 12.3 Å². The van der Waals surface area contributed by atoms with Gasteiger partial charge in [0.25, 0.3) is 0 Å². The van der Waals surface area contributed by atoms with Crippen molar-refractivity contribution in [1.82, 2.24) is 4.57 Å². The fourth-order valence-corrected chi connectivity index (χ4v) is 2.35. The first-order valence-corrected chi connectivity index (χ1v) is 7.54. The quantitative estimate of drug-likeness (QED) is 0.390. The second kappa shape index (κ2) is 7.30. The van der Waals surface area contributed by atoms with Crippen molar-refractivity contribution in [3.8, 4) is 5.75 Å². The van der Waals surface area contributed by atoms with Crippen molar-refractivity contribution >= 4 is 23.1 Å². The van der Waals surface area contributed by atoms with Crippen LogP contribution in [0.25, 0.3) is 10.9 Å². The van der Waals surface area contributed by atoms with Crippen LogP contribution in [-0.4, -0.2) is 23.1 Å². The maximum atomic E-state index is 12.1. The van der Waals surface area contributed by atoms with Gasteiger partial charge in [-0.1, -0.05) is 23.4 Å². The number of alkyl halides is 3. The van der Waals surface area contributed by atoms with E-state index in [1.54, 1.807) is 10.8 Å². The fraction of sp³-hybridized carbons (Fsp3) is 0.111. The molecule has 0 bridgehead atoms. The number of aromatic nitrogens is 1. The molecule has 1 heterocycles. The summed E-state index contributed by atoms with van der Waals surface area (Å²) in [6.45, 7) is -0.0107. The normalized spacial score (nSPS) is 11.8. The van der Waals surface area contributed by atoms with Gasteiger partial charge < -0.3 is 14.1 Å². The molecule has 0 unspecified atom stereocenters. The number of fused-ring (bicyclic) bond motifs is 1. The molecule has 0 N–H and O–H groups in total. The van der Waals surface area contributed by atoms with E-state index in [0.29, 0.717) is 5.56 Å². The highest BCUT2D eigenvalue weighted by molar-refractivity contribution is 5.82. The zero-order valence-corrected chi connectivity index (χ0v) is 13.3. The van der Waals surface area contributed by atoms with Crippen LogP contribution in [-0.2, 0) is 16.2 Å². The highest BCUT2D eigenvalue weighted by Crippen LogP contribution is 2.22. The number of rotatable bonds is 5. The number of ether oxygens (including phenoxy) is 1. The van der Waals surface area contributed by atoms with E-state index in [2.05, 4.69) is 9.89 Å². The lowest BCUT2D eigenvalue weighted by Crippen LogP contribution is -2.17. The Hall–Kier alpha value is -3.29. The first-order valence-electron chi connectivity index (χ1n) is 7.54. The Morgan fingerprint density at radius 3 is 2.54 bits per heavy atom. The SMILES string of the molecule is O=C(Cn1ccc2ccccc21)ON=Cc1ccc(OC(F)(F)F)cc1. The van der Waals surface area contributed by atoms with E-state index in [0.717, 1.165) is 23.0 Å². The van der Waals surface area contributed by atoms with Crippen LogP contribution in [0.4, 0.5) is 13.2 Å². The lowest BCUT2D eigenvalue weighted by molar-refractivity contribution is -0.274. The number of oxime groups is 1. The van der Waals surface area contributed by atoms with Gasteiger partial charge in [-0.15, -0.1) is 13.2 Å². The number of carbonyl (C=O) groups is 1. The third kappa shape index (κ3) is 4.62. The Morgan fingerprint density at radius 2 is 1.81 bits per heavy atom. The smallest absolute Gasteiger partial charge is 0.406 e. The average molecular weight is 362 g/mol. The number of benzene rings is 2. The number of para-hydroxylation sites is 1. The number of hydrogen-bond donors (Lipinski definition) is 0. The van der Waals surface area contributed by atoms with Gasteiger partial charge in [-0.3, -0.25) is 0 Å². The molecule has 1 aromatic heterocycles. The van der Waals surface area contributed by atoms with Crippen LogP contribution in [0.15, 0.2) is 65.9 Å². The molecule has 0 saturated carbocycles. The lowest BCUT2D eigenvalue weighted by Gasteiger charge is -2.08. The van der Waals surface area contributed by atoms with E-state index in [-0.39, 0.29) is 12.3 Å². The second-order valence-corrected chi connectivity index (χ2v) is 5.32. The van der Waals surface area contributed by atoms with Crippen LogP contribution in [0.2, 0.25) is 0 Å². The molecule has 2 aromatic carbocycles. The number of hydrogen-bond acceptors (Lipinski definition) is 4. The number of carbonyl (C=O) groups excluding carboxylic acids is 1. The van der Waals surface area contributed by atoms with E-state index < -0.39 is 12.3 Å². The molecule has 0 radical (unpaired) electrons. The van der Waals surface area contributed by atoms with Crippen LogP contribution in [0.1, 0.15) is 5.56 Å². The Balaban J connectivity index is 1.55. The maximum Gasteiger partial charge on any atom is 0.573 e. The molecule has 0 aliphatic heterocycles. The van der Waals surface area contributed by atoms with Gasteiger partial charge in [0.15, 0.2) is 0 Å². The zero-order chi connectivity index (χ0) is 18.6. The summed E-state index contributed by atoms with van der Waals surface area (Å²) < 4.78 is 41.7. The van der Waals surface area contributed by atoms with Crippen LogP contribution < -0.4 is 4.74 Å². The molecule has 0 saturated heterocycles. The summed E-state index contributed by atoms with van der Waals surface area (Å²) in [5.74, 6) is -0.911. The molecule has 134 valence electrons. The summed E-state index contributed by atoms with van der Waals surface area (Å²) in [6, 6.07) is 14.5. The zero-order valence-electron chi connectivity index (χ0n) is 13.3. The molecule has 0 fully saturated rings. The topological polar surface area (TPSA) is 52.8 Å². The highest BCUT2D eigenvalue weighted by atomic mass is 19.4. The number of halogens is 3. The molecule has 5 nitrogen and oxygen atoms in total. The van der Waals surface area contributed by atoms with Crippen molar-refractivity contribution in [2.45, 2.75) is 12.9 Å². The van der Waals surface area contributed by atoms with Gasteiger partial charge in [0.2, 0.25) is 0 Å². The van der Waals surface area contributed by atoms with Crippen LogP contribution >= 0.6 is 0 Å². The second-order valence-electron chi connectivity index (χ2n) is 5.32. The van der Waals surface area contributed by atoms with Crippen molar-refractivity contribution in [3.05, 3.63) is 66.4 Å². The fourth-order valence-electron chi connectivity index (χ4n) is 2.35. The van der Waals surface area contributed by atoms with Gasteiger partial charge in [0, 0.05) is 11.7 Å². The van der Waals surface area contributed by atoms with Crippen molar-refractivity contribution in [2.24, 2.45) is 5.16 Å². The highest BCUT2D eigenvalue weighted by Gasteiger charge is 2.30. The van der Waals surface area contributed by atoms with Crippen molar-refractivity contribution in [3.63, 3.8) is 0 Å². The van der Waals surface area contributed by atoms with Gasteiger partial charge in [-0.2, -0.15) is 0 Å². The minimum atomic E-state index is -4.74. The average Bonchev–Trinajstić information content (AvgIpc) is 2.98. The number of nitrogens with zero attached hydrogens (tertiary/aromatic N) is 2. The van der Waals surface area contributed by atoms with Gasteiger partial charge in [-0.25, -0.2) is 4.79 Å². The predicted octanol–water partition coefficient (Wildman–Crippen LogP) is 4.12. The molecule has 26 heavy (non-hydrogen) atoms. The molecule has 8 heteroatoms. The van der Waals surface area contributed by atoms with Gasteiger partial charge in [-0.05, 0) is 47.3 Å². The Labute approximate surface area is 146 Å². The van der Waals surface area contributed by atoms with Crippen molar-refractivity contribution < 1.29 is 27.5 Å². The summed E-state index contributed by atoms with van der Waals surface area (Å²) in [7, 11) is 0. The predicted molar refractivity (Wildman–Crippen MR) is 88.7 cm³/mol. The van der Waals surface area contributed by atoms with Crippen molar-refractivity contribution in [1.29, 1.82) is 0 Å². The first-order chi connectivity index (χ1) is 12.4. The summed E-state index contributed by atoms with van der Waals surface area (Å²) in [6.07, 6.45) is -1.74. The Kier molecular flexibility index (Phi) is 4.92. The largest absolute Gasteiger partial charge is 0.573 e. The van der Waals surface area contributed by atoms with E-state index >= 15 is 0 Å². The van der Waals surface area contributed by atoms with E-state index in [4.69, 9.17) is 4.84 Å². The third-order valence-corrected chi connectivity index (χ3v) is 3.45. The molecular formula is C18H13F3N2O3. The Morgan fingerprint density at radius 1 is 1.08 bits per heavy atom. The minimum absolute atomic E-state index is 0.0107. The molecule has 0 aliphatic carbocycles. The molecule has 0 spiro atoms. The summed E-state index contributed by atoms with van der Waals surface area (Å²) in [4.78, 5) is 16.6. The third-order valence-electron chi connectivity index (χ3n) is 3.45. The minimum Gasteiger partial charge on any atom is -0.406 e. The molecule has 0 amide bonds. The summed E-state index contributed by atoms with van der Waals surface area (Å²) >= 11 is 0. The molecule has 3 aromatic rings. The van der Waals surface area contributed by atoms with Crippen LogP contribution in [0.5, 0.6) is 5.75 Å². The monoisotopic (exact) mass is 362 g/mol. The van der Waals surface area contributed by atoms with Gasteiger partial charge in [0.1, 0.15) is 12.3 Å². The standard InChI is InChI=1S/C18H13F3N2O3/c19-18(20,21)25-15-7-5-13(6-8-15)11-22-26-17(24)12-23-10-9-14-3-1-2-4-16(14)23/h1-11H,12H2. The lowest BCUT2D eigenvalue weighted by atomic mass is 10.2. The van der Waals surface area contributed by atoms with Crippen LogP contribution in [0, 0.1) is 0 Å². The van der Waals surface area contributed by atoms with E-state index in [1.807, 2.05) is 30.3 Å². The van der Waals surface area contributed by atoms with Gasteiger partial charge in [0.05, 0.1) is 6.21 Å². The maximum absolute atomic E-state index is 12.1. The first kappa shape index (κ1) is 17.5. The Bertz CT molecular complexity index is 931. The molecule has 0 atom stereocenters. The summed E-state index contributed by atoms with van der Waals surface area (Å²) in [5.41, 5.74) is 1.35. The molecule has 3 rings (SSSR count).